The molecule has 3 heteroatoms. The molecule has 3 unspecified atom stereocenters. The van der Waals surface area contributed by atoms with E-state index in [1.165, 1.54) is 58.2 Å². The molecule has 1 saturated heterocycles. The lowest BCUT2D eigenvalue weighted by atomic mass is 10.0. The second-order valence-corrected chi connectivity index (χ2v) is 5.91. The molecule has 0 aromatic rings. The van der Waals surface area contributed by atoms with E-state index in [0.29, 0.717) is 12.1 Å². The van der Waals surface area contributed by atoms with Gasteiger partial charge in [0.05, 0.1) is 12.0 Å². The topological polar surface area (TPSA) is 39.1 Å². The van der Waals surface area contributed by atoms with Gasteiger partial charge in [-0.1, -0.05) is 13.3 Å². The van der Waals surface area contributed by atoms with Crippen molar-refractivity contribution < 1.29 is 0 Å². The van der Waals surface area contributed by atoms with Crippen molar-refractivity contribution in [1.29, 1.82) is 5.26 Å². The monoisotopic (exact) mass is 249 g/mol. The minimum atomic E-state index is 0.264. The molecule has 1 saturated carbocycles. The fourth-order valence-corrected chi connectivity index (χ4v) is 3.48. The summed E-state index contributed by atoms with van der Waals surface area (Å²) in [5, 5.41) is 12.9. The summed E-state index contributed by atoms with van der Waals surface area (Å²) in [6.45, 7) is 6.00. The first-order valence-electron chi connectivity index (χ1n) is 7.71. The van der Waals surface area contributed by atoms with Crippen LogP contribution in [0.25, 0.3) is 0 Å². The fraction of sp³-hybridized carbons (Fsp3) is 0.933. The Labute approximate surface area is 112 Å². The normalized spacial score (nSPS) is 34.1. The van der Waals surface area contributed by atoms with Crippen LogP contribution in [0.1, 0.15) is 51.9 Å². The summed E-state index contributed by atoms with van der Waals surface area (Å²) >= 11 is 0. The minimum absolute atomic E-state index is 0.264. The molecule has 1 aliphatic carbocycles. The Kier molecular flexibility index (Phi) is 5.46. The van der Waals surface area contributed by atoms with Gasteiger partial charge in [-0.25, -0.2) is 0 Å². The number of rotatable bonds is 4. The smallest absolute Gasteiger partial charge is 0.0672 e. The number of hydrogen-bond acceptors (Lipinski definition) is 3. The molecule has 2 aliphatic rings. The SMILES string of the molecule is CCCN1CCCC(NC2CCCC2C#N)CC1. The molecule has 102 valence electrons. The van der Waals surface area contributed by atoms with Gasteiger partial charge >= 0.3 is 0 Å². The Balaban J connectivity index is 1.78. The van der Waals surface area contributed by atoms with Crippen LogP contribution < -0.4 is 5.32 Å². The lowest BCUT2D eigenvalue weighted by Crippen LogP contribution is -2.40. The van der Waals surface area contributed by atoms with Gasteiger partial charge in [0.15, 0.2) is 0 Å². The third-order valence-corrected chi connectivity index (χ3v) is 4.49. The lowest BCUT2D eigenvalue weighted by Gasteiger charge is -2.24. The predicted molar refractivity (Wildman–Crippen MR) is 74.2 cm³/mol. The van der Waals surface area contributed by atoms with Crippen LogP contribution in [-0.2, 0) is 0 Å². The highest BCUT2D eigenvalue weighted by Gasteiger charge is 2.29. The van der Waals surface area contributed by atoms with Crippen LogP contribution >= 0.6 is 0 Å². The van der Waals surface area contributed by atoms with Gasteiger partial charge in [0.1, 0.15) is 0 Å². The van der Waals surface area contributed by atoms with Gasteiger partial charge in [-0.05, 0) is 58.2 Å². The van der Waals surface area contributed by atoms with Crippen molar-refractivity contribution in [3.05, 3.63) is 0 Å². The molecule has 18 heavy (non-hydrogen) atoms. The maximum Gasteiger partial charge on any atom is 0.0672 e. The van der Waals surface area contributed by atoms with Crippen LogP contribution in [0.3, 0.4) is 0 Å². The average Bonchev–Trinajstić information content (AvgIpc) is 2.71. The van der Waals surface area contributed by atoms with E-state index in [9.17, 15) is 0 Å². The minimum Gasteiger partial charge on any atom is -0.310 e. The summed E-state index contributed by atoms with van der Waals surface area (Å²) in [6.07, 6.45) is 8.64. The molecule has 0 amide bonds. The summed E-state index contributed by atoms with van der Waals surface area (Å²) in [7, 11) is 0. The van der Waals surface area contributed by atoms with Gasteiger partial charge in [0.25, 0.3) is 0 Å². The van der Waals surface area contributed by atoms with Crippen molar-refractivity contribution in [3.8, 4) is 6.07 Å². The molecule has 1 aliphatic heterocycles. The maximum absolute atomic E-state index is 9.14. The molecular weight excluding hydrogens is 222 g/mol. The van der Waals surface area contributed by atoms with E-state index in [1.54, 1.807) is 0 Å². The quantitative estimate of drug-likeness (QED) is 0.832. The highest BCUT2D eigenvalue weighted by molar-refractivity contribution is 4.97. The van der Waals surface area contributed by atoms with E-state index in [2.05, 4.69) is 23.2 Å². The molecule has 0 aromatic carbocycles. The van der Waals surface area contributed by atoms with E-state index in [4.69, 9.17) is 5.26 Å². The first kappa shape index (κ1) is 13.8. The first-order valence-corrected chi connectivity index (χ1v) is 7.71. The van der Waals surface area contributed by atoms with Crippen molar-refractivity contribution in [1.82, 2.24) is 10.2 Å². The first-order chi connectivity index (χ1) is 8.83. The van der Waals surface area contributed by atoms with E-state index >= 15 is 0 Å². The van der Waals surface area contributed by atoms with Crippen LogP contribution in [0, 0.1) is 17.2 Å². The molecule has 2 rings (SSSR count). The highest BCUT2D eigenvalue weighted by Crippen LogP contribution is 2.26. The Morgan fingerprint density at radius 2 is 2.06 bits per heavy atom. The third kappa shape index (κ3) is 3.70. The Morgan fingerprint density at radius 3 is 2.83 bits per heavy atom. The zero-order chi connectivity index (χ0) is 12.8. The van der Waals surface area contributed by atoms with Crippen LogP contribution in [0.4, 0.5) is 0 Å². The summed E-state index contributed by atoms with van der Waals surface area (Å²) in [5.74, 6) is 0.264. The molecule has 3 nitrogen and oxygen atoms in total. The maximum atomic E-state index is 9.14. The Morgan fingerprint density at radius 1 is 1.17 bits per heavy atom. The van der Waals surface area contributed by atoms with Gasteiger partial charge in [0.2, 0.25) is 0 Å². The molecule has 2 fully saturated rings. The summed E-state index contributed by atoms with van der Waals surface area (Å²) in [4.78, 5) is 2.60. The van der Waals surface area contributed by atoms with E-state index in [0.717, 1.165) is 6.42 Å². The number of nitriles is 1. The second-order valence-electron chi connectivity index (χ2n) is 5.91. The van der Waals surface area contributed by atoms with Crippen LogP contribution in [0.15, 0.2) is 0 Å². The van der Waals surface area contributed by atoms with Gasteiger partial charge in [-0.3, -0.25) is 0 Å². The van der Waals surface area contributed by atoms with Crippen LogP contribution in [0.2, 0.25) is 0 Å². The summed E-state index contributed by atoms with van der Waals surface area (Å²) in [5.41, 5.74) is 0. The summed E-state index contributed by atoms with van der Waals surface area (Å²) < 4.78 is 0. The van der Waals surface area contributed by atoms with E-state index in [-0.39, 0.29) is 5.92 Å². The van der Waals surface area contributed by atoms with E-state index < -0.39 is 0 Å². The Bertz CT molecular complexity index is 284. The molecule has 0 aromatic heterocycles. The van der Waals surface area contributed by atoms with Crippen LogP contribution in [0.5, 0.6) is 0 Å². The molecule has 1 heterocycles. The van der Waals surface area contributed by atoms with Crippen molar-refractivity contribution >= 4 is 0 Å². The van der Waals surface area contributed by atoms with Crippen molar-refractivity contribution in [3.63, 3.8) is 0 Å². The molecular formula is C15H27N3. The standard InChI is InChI=1S/C15H27N3/c1-2-9-18-10-4-6-14(8-11-18)17-15-7-3-5-13(15)12-16/h13-15,17H,2-11H2,1H3. The lowest BCUT2D eigenvalue weighted by molar-refractivity contribution is 0.280. The van der Waals surface area contributed by atoms with Gasteiger partial charge in [-0.15, -0.1) is 0 Å². The highest BCUT2D eigenvalue weighted by atomic mass is 15.1. The van der Waals surface area contributed by atoms with Crippen molar-refractivity contribution in [2.24, 2.45) is 5.92 Å². The summed E-state index contributed by atoms with van der Waals surface area (Å²) in [6, 6.07) is 3.59. The fourth-order valence-electron chi connectivity index (χ4n) is 3.48. The molecule has 0 bridgehead atoms. The second kappa shape index (κ2) is 7.11. The third-order valence-electron chi connectivity index (χ3n) is 4.49. The Hall–Kier alpha value is -0.590. The van der Waals surface area contributed by atoms with Crippen molar-refractivity contribution in [2.75, 3.05) is 19.6 Å². The van der Waals surface area contributed by atoms with E-state index in [1.807, 2.05) is 0 Å². The van der Waals surface area contributed by atoms with Crippen molar-refractivity contribution in [2.45, 2.75) is 64.0 Å². The number of nitrogens with zero attached hydrogens (tertiary/aromatic N) is 2. The predicted octanol–water partition coefficient (Wildman–Crippen LogP) is 2.53. The zero-order valence-corrected chi connectivity index (χ0v) is 11.7. The van der Waals surface area contributed by atoms with Crippen LogP contribution in [-0.4, -0.2) is 36.6 Å². The molecule has 0 radical (unpaired) electrons. The molecule has 0 spiro atoms. The van der Waals surface area contributed by atoms with Gasteiger partial charge < -0.3 is 10.2 Å². The number of likely N-dealkylation sites (tertiary alicyclic amines) is 1. The van der Waals surface area contributed by atoms with Gasteiger partial charge in [-0.2, -0.15) is 5.26 Å². The molecule has 1 N–H and O–H groups in total. The largest absolute Gasteiger partial charge is 0.310 e. The van der Waals surface area contributed by atoms with Gasteiger partial charge in [0, 0.05) is 12.1 Å². The zero-order valence-electron chi connectivity index (χ0n) is 11.7. The average molecular weight is 249 g/mol. The number of hydrogen-bond donors (Lipinski definition) is 1. The molecule has 3 atom stereocenters. The number of nitrogens with one attached hydrogen (secondary N) is 1.